The number of nitrogens with zero attached hydrogens (tertiary/aromatic N) is 4. The first-order valence-electron chi connectivity index (χ1n) is 8.47. The molecule has 0 radical (unpaired) electrons. The molecule has 1 unspecified atom stereocenters. The van der Waals surface area contributed by atoms with Crippen LogP contribution in [0, 0.1) is 0 Å². The Hall–Kier alpha value is -1.18. The van der Waals surface area contributed by atoms with Crippen LogP contribution in [0.1, 0.15) is 6.92 Å². The van der Waals surface area contributed by atoms with E-state index in [0.717, 1.165) is 55.8 Å². The van der Waals surface area contributed by atoms with Gasteiger partial charge >= 0.3 is 0 Å². The molecule has 3 heterocycles. The third-order valence-corrected chi connectivity index (χ3v) is 6.92. The Labute approximate surface area is 150 Å². The maximum atomic E-state index is 5.42. The molecule has 7 heteroatoms. The Balaban J connectivity index is 1.38. The van der Waals surface area contributed by atoms with Crippen molar-refractivity contribution >= 4 is 39.7 Å². The van der Waals surface area contributed by atoms with Crippen LogP contribution in [-0.4, -0.2) is 63.5 Å². The number of hydrogen-bond donors (Lipinski definition) is 0. The summed E-state index contributed by atoms with van der Waals surface area (Å²) in [6.07, 6.45) is 0. The van der Waals surface area contributed by atoms with Crippen LogP contribution < -0.4 is 0 Å². The van der Waals surface area contributed by atoms with Gasteiger partial charge < -0.3 is 14.2 Å². The van der Waals surface area contributed by atoms with Crippen LogP contribution in [-0.2, 0) is 11.3 Å². The minimum Gasteiger partial charge on any atom is -0.378 e. The molecule has 0 amide bonds. The molecule has 128 valence electrons. The number of amidine groups is 1. The number of imidazole rings is 1. The zero-order valence-electron chi connectivity index (χ0n) is 13.9. The normalized spacial score (nSPS) is 21.5. The standard InChI is InChI=1S/C17H22N4OS2/c1-2-21-15-6-4-3-5-14(15)19-17(21)23-12-13-11-18-16(24-13)20-7-9-22-10-8-20/h3-6,13H,2,7-12H2,1H3. The molecule has 1 aromatic carbocycles. The van der Waals surface area contributed by atoms with Crippen LogP contribution in [0.3, 0.4) is 0 Å². The number of morpholine rings is 1. The Kier molecular flexibility index (Phi) is 5.01. The average molecular weight is 363 g/mol. The number of rotatable bonds is 4. The maximum Gasteiger partial charge on any atom is 0.169 e. The number of hydrogen-bond acceptors (Lipinski definition) is 6. The summed E-state index contributed by atoms with van der Waals surface area (Å²) >= 11 is 3.78. The van der Waals surface area contributed by atoms with E-state index in [9.17, 15) is 0 Å². The molecule has 5 nitrogen and oxygen atoms in total. The number of aliphatic imine (C=N–C) groups is 1. The third kappa shape index (κ3) is 3.30. The van der Waals surface area contributed by atoms with Crippen molar-refractivity contribution in [3.63, 3.8) is 0 Å². The molecule has 0 aliphatic carbocycles. The van der Waals surface area contributed by atoms with Crippen LogP contribution in [0.15, 0.2) is 34.4 Å². The smallest absolute Gasteiger partial charge is 0.169 e. The predicted molar refractivity (Wildman–Crippen MR) is 102 cm³/mol. The minimum absolute atomic E-state index is 0.540. The van der Waals surface area contributed by atoms with Gasteiger partial charge in [-0.3, -0.25) is 4.99 Å². The van der Waals surface area contributed by atoms with Crippen LogP contribution in [0.4, 0.5) is 0 Å². The molecule has 2 aliphatic rings. The molecule has 0 bridgehead atoms. The SMILES string of the molecule is CCn1c(SCC2CN=C(N3CCOCC3)S2)nc2ccccc21. The Morgan fingerprint density at radius 1 is 1.29 bits per heavy atom. The maximum absolute atomic E-state index is 5.42. The summed E-state index contributed by atoms with van der Waals surface area (Å²) in [6.45, 7) is 7.63. The van der Waals surface area contributed by atoms with E-state index in [-0.39, 0.29) is 0 Å². The third-order valence-electron chi connectivity index (χ3n) is 4.32. The molecule has 1 atom stereocenters. The Bertz CT molecular complexity index is 739. The summed E-state index contributed by atoms with van der Waals surface area (Å²) in [5.41, 5.74) is 2.32. The van der Waals surface area contributed by atoms with Crippen LogP contribution in [0.5, 0.6) is 0 Å². The van der Waals surface area contributed by atoms with Crippen molar-refractivity contribution < 1.29 is 4.74 Å². The highest BCUT2D eigenvalue weighted by Crippen LogP contribution is 2.31. The zero-order chi connectivity index (χ0) is 16.4. The van der Waals surface area contributed by atoms with E-state index >= 15 is 0 Å². The van der Waals surface area contributed by atoms with E-state index in [1.807, 2.05) is 23.5 Å². The second kappa shape index (κ2) is 7.37. The zero-order valence-corrected chi connectivity index (χ0v) is 15.5. The molecule has 4 rings (SSSR count). The van der Waals surface area contributed by atoms with E-state index in [4.69, 9.17) is 14.7 Å². The Morgan fingerprint density at radius 3 is 2.96 bits per heavy atom. The monoisotopic (exact) mass is 362 g/mol. The molecule has 2 aliphatic heterocycles. The average Bonchev–Trinajstić information content (AvgIpc) is 3.24. The molecule has 0 saturated carbocycles. The summed E-state index contributed by atoms with van der Waals surface area (Å²) in [4.78, 5) is 11.9. The van der Waals surface area contributed by atoms with Gasteiger partial charge in [0.05, 0.1) is 30.8 Å². The Morgan fingerprint density at radius 2 is 2.12 bits per heavy atom. The predicted octanol–water partition coefficient (Wildman–Crippen LogP) is 2.95. The van der Waals surface area contributed by atoms with Crippen molar-refractivity contribution in [3.8, 4) is 0 Å². The number of para-hydroxylation sites is 2. The van der Waals surface area contributed by atoms with Crippen molar-refractivity contribution in [1.82, 2.24) is 14.5 Å². The summed E-state index contributed by atoms with van der Waals surface area (Å²) < 4.78 is 7.73. The molecule has 24 heavy (non-hydrogen) atoms. The molecule has 0 N–H and O–H groups in total. The second-order valence-corrected chi connectivity index (χ2v) is 8.16. The van der Waals surface area contributed by atoms with Crippen LogP contribution >= 0.6 is 23.5 Å². The van der Waals surface area contributed by atoms with E-state index in [1.54, 1.807) is 0 Å². The van der Waals surface area contributed by atoms with Gasteiger partial charge in [-0.1, -0.05) is 35.7 Å². The molecular weight excluding hydrogens is 340 g/mol. The van der Waals surface area contributed by atoms with Crippen molar-refractivity contribution in [2.24, 2.45) is 4.99 Å². The summed E-state index contributed by atoms with van der Waals surface area (Å²) in [7, 11) is 0. The lowest BCUT2D eigenvalue weighted by Gasteiger charge is -2.28. The van der Waals surface area contributed by atoms with Gasteiger partial charge in [-0.15, -0.1) is 0 Å². The van der Waals surface area contributed by atoms with Crippen molar-refractivity contribution in [2.75, 3.05) is 38.6 Å². The van der Waals surface area contributed by atoms with Crippen molar-refractivity contribution in [2.45, 2.75) is 23.9 Å². The number of ether oxygens (including phenoxy) is 1. The van der Waals surface area contributed by atoms with Gasteiger partial charge in [0.25, 0.3) is 0 Å². The second-order valence-electron chi connectivity index (χ2n) is 5.90. The summed E-state index contributed by atoms with van der Waals surface area (Å²) in [6, 6.07) is 8.38. The lowest BCUT2D eigenvalue weighted by Crippen LogP contribution is -2.39. The number of thioether (sulfide) groups is 2. The van der Waals surface area contributed by atoms with Gasteiger partial charge in [0.2, 0.25) is 0 Å². The van der Waals surface area contributed by atoms with Gasteiger partial charge in [-0.05, 0) is 19.1 Å². The number of benzene rings is 1. The van der Waals surface area contributed by atoms with Gasteiger partial charge in [0.1, 0.15) is 0 Å². The van der Waals surface area contributed by atoms with Gasteiger partial charge in [0.15, 0.2) is 10.3 Å². The van der Waals surface area contributed by atoms with E-state index in [1.165, 1.54) is 10.7 Å². The fraction of sp³-hybridized carbons (Fsp3) is 0.529. The molecule has 0 spiro atoms. The highest BCUT2D eigenvalue weighted by molar-refractivity contribution is 8.15. The fourth-order valence-corrected chi connectivity index (χ4v) is 5.45. The lowest BCUT2D eigenvalue weighted by molar-refractivity contribution is 0.0693. The van der Waals surface area contributed by atoms with Crippen molar-refractivity contribution in [3.05, 3.63) is 24.3 Å². The van der Waals surface area contributed by atoms with E-state index < -0.39 is 0 Å². The first kappa shape index (κ1) is 16.3. The highest BCUT2D eigenvalue weighted by atomic mass is 32.2. The number of aromatic nitrogens is 2. The molecular formula is C17H22N4OS2. The summed E-state index contributed by atoms with van der Waals surface area (Å²) in [5.74, 6) is 1.05. The molecule has 2 aromatic rings. The van der Waals surface area contributed by atoms with E-state index in [2.05, 4.69) is 40.7 Å². The highest BCUT2D eigenvalue weighted by Gasteiger charge is 2.25. The first-order valence-corrected chi connectivity index (χ1v) is 10.3. The summed E-state index contributed by atoms with van der Waals surface area (Å²) in [5, 5.41) is 2.87. The molecule has 1 saturated heterocycles. The largest absolute Gasteiger partial charge is 0.378 e. The minimum atomic E-state index is 0.540. The van der Waals surface area contributed by atoms with Crippen LogP contribution in [0.2, 0.25) is 0 Å². The quantitative estimate of drug-likeness (QED) is 0.783. The van der Waals surface area contributed by atoms with E-state index in [0.29, 0.717) is 5.25 Å². The van der Waals surface area contributed by atoms with Crippen molar-refractivity contribution in [1.29, 1.82) is 0 Å². The van der Waals surface area contributed by atoms with Gasteiger partial charge in [-0.2, -0.15) is 0 Å². The number of aryl methyl sites for hydroxylation is 1. The molecule has 1 aromatic heterocycles. The fourth-order valence-electron chi connectivity index (χ4n) is 3.06. The lowest BCUT2D eigenvalue weighted by atomic mass is 10.3. The molecule has 1 fully saturated rings. The van der Waals surface area contributed by atoms with Crippen LogP contribution in [0.25, 0.3) is 11.0 Å². The van der Waals surface area contributed by atoms with Gasteiger partial charge in [0, 0.05) is 30.6 Å². The van der Waals surface area contributed by atoms with Gasteiger partial charge in [-0.25, -0.2) is 4.98 Å². The number of fused-ring (bicyclic) bond motifs is 1. The topological polar surface area (TPSA) is 42.7 Å². The first-order chi connectivity index (χ1) is 11.8.